The van der Waals surface area contributed by atoms with Crippen LogP contribution in [0.25, 0.3) is 0 Å². The molecule has 5 N–H and O–H groups in total. The van der Waals surface area contributed by atoms with Gasteiger partial charge in [-0.2, -0.15) is 0 Å². The van der Waals surface area contributed by atoms with Crippen LogP contribution in [0.2, 0.25) is 0 Å². The van der Waals surface area contributed by atoms with Gasteiger partial charge in [-0.05, 0) is 30.9 Å². The lowest BCUT2D eigenvalue weighted by Crippen LogP contribution is -2.56. The molecule has 5 nitrogen and oxygen atoms in total. The van der Waals surface area contributed by atoms with Crippen molar-refractivity contribution in [1.82, 2.24) is 5.32 Å². The van der Waals surface area contributed by atoms with E-state index in [1.807, 2.05) is 0 Å². The summed E-state index contributed by atoms with van der Waals surface area (Å²) in [5.41, 5.74) is 5.54. The molecule has 1 amide bonds. The van der Waals surface area contributed by atoms with Crippen LogP contribution in [0.15, 0.2) is 18.2 Å². The molecule has 1 aliphatic rings. The third-order valence-corrected chi connectivity index (χ3v) is 4.12. The van der Waals surface area contributed by atoms with E-state index in [1.54, 1.807) is 0 Å². The minimum absolute atomic E-state index is 0.0797. The van der Waals surface area contributed by atoms with E-state index in [1.165, 1.54) is 18.2 Å². The number of phenols is 2. The molecule has 0 bridgehead atoms. The number of carbonyl (C=O) groups is 1. The molecule has 1 aromatic rings. The summed E-state index contributed by atoms with van der Waals surface area (Å²) in [5.74, 6) is -0.555. The molecule has 110 valence electrons. The number of nitrogens with two attached hydrogens (primary N) is 1. The van der Waals surface area contributed by atoms with Crippen molar-refractivity contribution in [3.05, 3.63) is 23.8 Å². The molecule has 0 spiro atoms. The highest BCUT2D eigenvalue weighted by atomic mass is 16.3. The van der Waals surface area contributed by atoms with Crippen molar-refractivity contribution in [3.8, 4) is 11.5 Å². The molecule has 2 unspecified atom stereocenters. The van der Waals surface area contributed by atoms with Gasteiger partial charge in [0.25, 0.3) is 5.91 Å². The van der Waals surface area contributed by atoms with Crippen molar-refractivity contribution in [1.29, 1.82) is 0 Å². The SMILES string of the molecule is CC1CCCC(CN)(NC(=O)c2cccc(O)c2O)C1. The number of nitrogens with one attached hydrogen (secondary N) is 1. The molecule has 1 fully saturated rings. The maximum absolute atomic E-state index is 12.3. The molecule has 0 aliphatic heterocycles. The zero-order chi connectivity index (χ0) is 14.8. The van der Waals surface area contributed by atoms with Gasteiger partial charge in [0.1, 0.15) is 0 Å². The summed E-state index contributed by atoms with van der Waals surface area (Å²) in [5, 5.41) is 22.2. The molecule has 0 saturated heterocycles. The fourth-order valence-corrected chi connectivity index (χ4v) is 3.03. The van der Waals surface area contributed by atoms with Gasteiger partial charge in [0.05, 0.1) is 11.1 Å². The van der Waals surface area contributed by atoms with E-state index in [0.717, 1.165) is 25.7 Å². The first-order valence-corrected chi connectivity index (χ1v) is 7.01. The van der Waals surface area contributed by atoms with E-state index in [4.69, 9.17) is 5.73 Å². The second-order valence-corrected chi connectivity index (χ2v) is 5.81. The quantitative estimate of drug-likeness (QED) is 0.633. The minimum atomic E-state index is -0.410. The van der Waals surface area contributed by atoms with Gasteiger partial charge in [0.15, 0.2) is 11.5 Å². The van der Waals surface area contributed by atoms with Gasteiger partial charge < -0.3 is 21.3 Å². The van der Waals surface area contributed by atoms with Gasteiger partial charge in [-0.1, -0.05) is 25.8 Å². The zero-order valence-corrected chi connectivity index (χ0v) is 11.7. The summed E-state index contributed by atoms with van der Waals surface area (Å²) in [6, 6.07) is 4.36. The largest absolute Gasteiger partial charge is 0.504 e. The summed E-state index contributed by atoms with van der Waals surface area (Å²) in [4.78, 5) is 12.3. The highest BCUT2D eigenvalue weighted by Crippen LogP contribution is 2.33. The van der Waals surface area contributed by atoms with E-state index in [2.05, 4.69) is 12.2 Å². The monoisotopic (exact) mass is 278 g/mol. The fraction of sp³-hybridized carbons (Fsp3) is 0.533. The lowest BCUT2D eigenvalue weighted by molar-refractivity contribution is 0.0850. The molecular formula is C15H22N2O3. The Morgan fingerprint density at radius 2 is 2.25 bits per heavy atom. The van der Waals surface area contributed by atoms with E-state index < -0.39 is 11.4 Å². The Kier molecular flexibility index (Phi) is 4.18. The van der Waals surface area contributed by atoms with Crippen molar-refractivity contribution in [2.24, 2.45) is 11.7 Å². The summed E-state index contributed by atoms with van der Waals surface area (Å²) in [6.07, 6.45) is 3.87. The van der Waals surface area contributed by atoms with Crippen molar-refractivity contribution in [2.45, 2.75) is 38.1 Å². The minimum Gasteiger partial charge on any atom is -0.504 e. The van der Waals surface area contributed by atoms with Gasteiger partial charge in [-0.3, -0.25) is 4.79 Å². The lowest BCUT2D eigenvalue weighted by Gasteiger charge is -2.40. The summed E-state index contributed by atoms with van der Waals surface area (Å²) < 4.78 is 0. The average molecular weight is 278 g/mol. The van der Waals surface area contributed by atoms with Crippen molar-refractivity contribution in [2.75, 3.05) is 6.54 Å². The number of carbonyl (C=O) groups excluding carboxylic acids is 1. The van der Waals surface area contributed by atoms with Crippen molar-refractivity contribution >= 4 is 5.91 Å². The number of phenolic OH excluding ortho intramolecular Hbond substituents is 2. The van der Waals surface area contributed by atoms with Gasteiger partial charge in [0.2, 0.25) is 0 Å². The first-order valence-electron chi connectivity index (χ1n) is 7.01. The first-order chi connectivity index (χ1) is 9.47. The molecule has 20 heavy (non-hydrogen) atoms. The molecule has 1 aliphatic carbocycles. The van der Waals surface area contributed by atoms with Crippen LogP contribution in [-0.2, 0) is 0 Å². The molecule has 2 atom stereocenters. The third kappa shape index (κ3) is 2.88. The van der Waals surface area contributed by atoms with Gasteiger partial charge in [-0.15, -0.1) is 0 Å². The Hall–Kier alpha value is -1.75. The highest BCUT2D eigenvalue weighted by molar-refractivity contribution is 5.98. The van der Waals surface area contributed by atoms with Crippen molar-refractivity contribution in [3.63, 3.8) is 0 Å². The van der Waals surface area contributed by atoms with Crippen LogP contribution in [0.3, 0.4) is 0 Å². The van der Waals surface area contributed by atoms with Crippen LogP contribution in [0.5, 0.6) is 11.5 Å². The molecule has 1 aromatic carbocycles. The smallest absolute Gasteiger partial charge is 0.255 e. The third-order valence-electron chi connectivity index (χ3n) is 4.12. The molecular weight excluding hydrogens is 256 g/mol. The Labute approximate surface area is 118 Å². The van der Waals surface area contributed by atoms with Crippen LogP contribution in [0.4, 0.5) is 0 Å². The van der Waals surface area contributed by atoms with E-state index in [-0.39, 0.29) is 17.1 Å². The predicted molar refractivity (Wildman–Crippen MR) is 76.7 cm³/mol. The maximum atomic E-state index is 12.3. The van der Waals surface area contributed by atoms with Crippen LogP contribution in [0, 0.1) is 5.92 Å². The molecule has 0 aromatic heterocycles. The number of amides is 1. The molecule has 0 radical (unpaired) electrons. The van der Waals surface area contributed by atoms with E-state index in [9.17, 15) is 15.0 Å². The van der Waals surface area contributed by atoms with Crippen LogP contribution < -0.4 is 11.1 Å². The summed E-state index contributed by atoms with van der Waals surface area (Å²) in [6.45, 7) is 2.53. The number of hydrogen-bond acceptors (Lipinski definition) is 4. The van der Waals surface area contributed by atoms with Crippen LogP contribution in [-0.4, -0.2) is 28.2 Å². The Morgan fingerprint density at radius 3 is 2.90 bits per heavy atom. The Morgan fingerprint density at radius 1 is 1.50 bits per heavy atom. The van der Waals surface area contributed by atoms with Gasteiger partial charge >= 0.3 is 0 Å². The second kappa shape index (κ2) is 5.71. The lowest BCUT2D eigenvalue weighted by atomic mass is 9.76. The van der Waals surface area contributed by atoms with Gasteiger partial charge in [-0.25, -0.2) is 0 Å². The fourth-order valence-electron chi connectivity index (χ4n) is 3.03. The van der Waals surface area contributed by atoms with Crippen LogP contribution >= 0.6 is 0 Å². The van der Waals surface area contributed by atoms with Crippen molar-refractivity contribution < 1.29 is 15.0 Å². The zero-order valence-electron chi connectivity index (χ0n) is 11.7. The first kappa shape index (κ1) is 14.7. The van der Waals surface area contributed by atoms with Gasteiger partial charge in [0, 0.05) is 6.54 Å². The summed E-state index contributed by atoms with van der Waals surface area (Å²) in [7, 11) is 0. The molecule has 2 rings (SSSR count). The summed E-state index contributed by atoms with van der Waals surface area (Å²) >= 11 is 0. The molecule has 0 heterocycles. The normalized spacial score (nSPS) is 26.2. The topological polar surface area (TPSA) is 95.6 Å². The predicted octanol–water partition coefficient (Wildman–Crippen LogP) is 1.74. The van der Waals surface area contributed by atoms with Crippen LogP contribution in [0.1, 0.15) is 43.0 Å². The number of aromatic hydroxyl groups is 2. The number of benzene rings is 1. The Balaban J connectivity index is 2.19. The standard InChI is InChI=1S/C15H22N2O3/c1-10-4-3-7-15(8-10,9-16)17-14(20)11-5-2-6-12(18)13(11)19/h2,5-6,10,18-19H,3-4,7-9,16H2,1H3,(H,17,20). The second-order valence-electron chi connectivity index (χ2n) is 5.81. The highest BCUT2D eigenvalue weighted by Gasteiger charge is 2.35. The van der Waals surface area contributed by atoms with E-state index >= 15 is 0 Å². The van der Waals surface area contributed by atoms with E-state index in [0.29, 0.717) is 12.5 Å². The molecule has 1 saturated carbocycles. The maximum Gasteiger partial charge on any atom is 0.255 e. The number of para-hydroxylation sites is 1. The average Bonchev–Trinajstić information content (AvgIpc) is 2.41. The Bertz CT molecular complexity index is 504. The molecule has 5 heteroatoms. The number of hydrogen-bond donors (Lipinski definition) is 4. The number of rotatable bonds is 3.